The molecule has 0 atom stereocenters. The van der Waals surface area contributed by atoms with E-state index in [1.165, 1.54) is 21.3 Å². The number of rotatable bonds is 7. The van der Waals surface area contributed by atoms with Crippen LogP contribution >= 0.6 is 11.6 Å². The summed E-state index contributed by atoms with van der Waals surface area (Å²) in [6.07, 6.45) is 0.634. The fourth-order valence-corrected chi connectivity index (χ4v) is 5.85. The van der Waals surface area contributed by atoms with Crippen LogP contribution in [0.25, 0.3) is 0 Å². The number of ether oxygens (including phenoxy) is 1. The molecular weight excluding hydrogens is 460 g/mol. The third-order valence-electron chi connectivity index (χ3n) is 5.72. The minimum Gasteiger partial charge on any atom is -0.491 e. The molecule has 4 rings (SSSR count). The van der Waals surface area contributed by atoms with E-state index in [0.29, 0.717) is 31.8 Å². The molecule has 0 unspecified atom stereocenters. The standard InChI is InChI=1S/C25H25ClN2O4S/c1-18-7-3-6-10-23(18)32-16-15-27(2)25(29)20-11-12-21(26)24(17-20)33(30,31)28-14-13-19-8-4-5-9-22(19)28/h3-12,17H,13-16H2,1-2H3. The lowest BCUT2D eigenvalue weighted by molar-refractivity contribution is 0.0773. The Balaban J connectivity index is 1.51. The zero-order valence-corrected chi connectivity index (χ0v) is 20.1. The van der Waals surface area contributed by atoms with Crippen molar-refractivity contribution in [3.63, 3.8) is 0 Å². The number of hydrogen-bond donors (Lipinski definition) is 0. The van der Waals surface area contributed by atoms with Crippen molar-refractivity contribution >= 4 is 33.2 Å². The van der Waals surface area contributed by atoms with Crippen molar-refractivity contribution < 1.29 is 17.9 Å². The van der Waals surface area contributed by atoms with Crippen LogP contribution in [0.2, 0.25) is 5.02 Å². The first-order valence-corrected chi connectivity index (χ1v) is 12.4. The minimum absolute atomic E-state index is 0.0729. The lowest BCUT2D eigenvalue weighted by Crippen LogP contribution is -2.32. The Morgan fingerprint density at radius 2 is 1.82 bits per heavy atom. The molecule has 0 bridgehead atoms. The number of halogens is 1. The van der Waals surface area contributed by atoms with Crippen molar-refractivity contribution in [1.29, 1.82) is 0 Å². The van der Waals surface area contributed by atoms with Crippen LogP contribution in [0.5, 0.6) is 5.75 Å². The SMILES string of the molecule is Cc1ccccc1OCCN(C)C(=O)c1ccc(Cl)c(S(=O)(=O)N2CCc3ccccc32)c1. The van der Waals surface area contributed by atoms with Crippen molar-refractivity contribution in [3.8, 4) is 5.75 Å². The maximum atomic E-state index is 13.4. The van der Waals surface area contributed by atoms with Crippen LogP contribution in [0.1, 0.15) is 21.5 Å². The molecule has 1 aliphatic heterocycles. The molecule has 3 aromatic carbocycles. The highest BCUT2D eigenvalue weighted by molar-refractivity contribution is 7.93. The van der Waals surface area contributed by atoms with Gasteiger partial charge in [0.1, 0.15) is 17.3 Å². The van der Waals surface area contributed by atoms with E-state index in [9.17, 15) is 13.2 Å². The normalized spacial score (nSPS) is 13.0. The average molecular weight is 485 g/mol. The predicted octanol–water partition coefficient (Wildman–Crippen LogP) is 4.55. The van der Waals surface area contributed by atoms with Gasteiger partial charge in [-0.2, -0.15) is 0 Å². The highest BCUT2D eigenvalue weighted by atomic mass is 35.5. The molecule has 1 aliphatic rings. The monoisotopic (exact) mass is 484 g/mol. The Morgan fingerprint density at radius 1 is 1.09 bits per heavy atom. The Morgan fingerprint density at radius 3 is 2.61 bits per heavy atom. The summed E-state index contributed by atoms with van der Waals surface area (Å²) >= 11 is 6.29. The molecule has 0 aliphatic carbocycles. The number of nitrogens with zero attached hydrogens (tertiary/aromatic N) is 2. The molecule has 3 aromatic rings. The summed E-state index contributed by atoms with van der Waals surface area (Å²) in [5, 5.41) is 0.0847. The van der Waals surface area contributed by atoms with Crippen LogP contribution in [-0.2, 0) is 16.4 Å². The summed E-state index contributed by atoms with van der Waals surface area (Å²) in [5.74, 6) is 0.461. The van der Waals surface area contributed by atoms with Crippen molar-refractivity contribution in [2.24, 2.45) is 0 Å². The molecule has 6 nitrogen and oxygen atoms in total. The number of amides is 1. The van der Waals surface area contributed by atoms with Crippen molar-refractivity contribution in [1.82, 2.24) is 4.90 Å². The van der Waals surface area contributed by atoms with E-state index in [1.807, 2.05) is 49.4 Å². The molecule has 0 saturated heterocycles. The van der Waals surface area contributed by atoms with Gasteiger partial charge in [-0.1, -0.05) is 48.0 Å². The number of fused-ring (bicyclic) bond motifs is 1. The van der Waals surface area contributed by atoms with Crippen LogP contribution in [0.4, 0.5) is 5.69 Å². The summed E-state index contributed by atoms with van der Waals surface area (Å²) in [4.78, 5) is 14.4. The summed E-state index contributed by atoms with van der Waals surface area (Å²) in [7, 11) is -2.26. The van der Waals surface area contributed by atoms with Gasteiger partial charge in [-0.05, 0) is 54.8 Å². The number of likely N-dealkylation sites (N-methyl/N-ethyl adjacent to an activating group) is 1. The summed E-state index contributed by atoms with van der Waals surface area (Å²) in [5.41, 5.74) is 2.89. The molecule has 0 aromatic heterocycles. The lowest BCUT2D eigenvalue weighted by atomic mass is 10.2. The minimum atomic E-state index is -3.92. The first-order valence-electron chi connectivity index (χ1n) is 10.6. The fourth-order valence-electron chi connectivity index (χ4n) is 3.84. The first kappa shape index (κ1) is 23.1. The van der Waals surface area contributed by atoms with Gasteiger partial charge in [0.25, 0.3) is 15.9 Å². The number of benzene rings is 3. The highest BCUT2D eigenvalue weighted by Crippen LogP contribution is 2.35. The third-order valence-corrected chi connectivity index (χ3v) is 8.01. The molecule has 0 fully saturated rings. The largest absolute Gasteiger partial charge is 0.491 e. The van der Waals surface area contributed by atoms with Gasteiger partial charge in [-0.25, -0.2) is 8.42 Å². The Labute approximate surface area is 199 Å². The predicted molar refractivity (Wildman–Crippen MR) is 130 cm³/mol. The summed E-state index contributed by atoms with van der Waals surface area (Å²) in [6.45, 7) is 2.96. The van der Waals surface area contributed by atoms with E-state index in [4.69, 9.17) is 16.3 Å². The maximum Gasteiger partial charge on any atom is 0.265 e. The first-order chi connectivity index (χ1) is 15.8. The number of hydrogen-bond acceptors (Lipinski definition) is 4. The Kier molecular flexibility index (Phi) is 6.63. The highest BCUT2D eigenvalue weighted by Gasteiger charge is 2.32. The van der Waals surface area contributed by atoms with E-state index in [1.54, 1.807) is 19.2 Å². The molecular formula is C25H25ClN2O4S. The topological polar surface area (TPSA) is 66.9 Å². The molecule has 1 heterocycles. The van der Waals surface area contributed by atoms with Gasteiger partial charge >= 0.3 is 0 Å². The van der Waals surface area contributed by atoms with Gasteiger partial charge in [0.05, 0.1) is 17.3 Å². The fraction of sp³-hybridized carbons (Fsp3) is 0.240. The average Bonchev–Trinajstić information content (AvgIpc) is 3.25. The smallest absolute Gasteiger partial charge is 0.265 e. The molecule has 0 N–H and O–H groups in total. The molecule has 172 valence electrons. The van der Waals surface area contributed by atoms with Crippen molar-refractivity contribution in [2.75, 3.05) is 31.0 Å². The maximum absolute atomic E-state index is 13.4. The quantitative estimate of drug-likeness (QED) is 0.493. The van der Waals surface area contributed by atoms with Crippen LogP contribution in [0, 0.1) is 6.92 Å². The summed E-state index contributed by atoms with van der Waals surface area (Å²) in [6, 6.07) is 19.4. The zero-order valence-electron chi connectivity index (χ0n) is 18.5. The number of aryl methyl sites for hydroxylation is 1. The van der Waals surface area contributed by atoms with Gasteiger partial charge in [0, 0.05) is 19.2 Å². The zero-order chi connectivity index (χ0) is 23.6. The number of sulfonamides is 1. The van der Waals surface area contributed by atoms with E-state index in [2.05, 4.69) is 0 Å². The van der Waals surface area contributed by atoms with Gasteiger partial charge < -0.3 is 9.64 Å². The number of carbonyl (C=O) groups excluding carboxylic acids is 1. The number of para-hydroxylation sites is 2. The number of carbonyl (C=O) groups is 1. The Hall–Kier alpha value is -3.03. The molecule has 33 heavy (non-hydrogen) atoms. The van der Waals surface area contributed by atoms with E-state index in [0.717, 1.165) is 16.9 Å². The van der Waals surface area contributed by atoms with Gasteiger partial charge in [0.2, 0.25) is 0 Å². The van der Waals surface area contributed by atoms with Gasteiger partial charge in [0.15, 0.2) is 0 Å². The van der Waals surface area contributed by atoms with Crippen LogP contribution in [-0.4, -0.2) is 46.0 Å². The second kappa shape index (κ2) is 9.45. The van der Waals surface area contributed by atoms with Crippen molar-refractivity contribution in [2.45, 2.75) is 18.2 Å². The van der Waals surface area contributed by atoms with Crippen LogP contribution < -0.4 is 9.04 Å². The molecule has 0 radical (unpaired) electrons. The van der Waals surface area contributed by atoms with E-state index < -0.39 is 10.0 Å². The van der Waals surface area contributed by atoms with E-state index >= 15 is 0 Å². The molecule has 1 amide bonds. The second-order valence-electron chi connectivity index (χ2n) is 7.94. The van der Waals surface area contributed by atoms with Crippen molar-refractivity contribution in [3.05, 3.63) is 88.4 Å². The van der Waals surface area contributed by atoms with Gasteiger partial charge in [-0.15, -0.1) is 0 Å². The van der Waals surface area contributed by atoms with Crippen LogP contribution in [0.15, 0.2) is 71.6 Å². The molecule has 8 heteroatoms. The van der Waals surface area contributed by atoms with Gasteiger partial charge in [-0.3, -0.25) is 9.10 Å². The van der Waals surface area contributed by atoms with Crippen LogP contribution in [0.3, 0.4) is 0 Å². The third kappa shape index (κ3) is 4.70. The Bertz CT molecular complexity index is 1290. The number of anilines is 1. The summed E-state index contributed by atoms with van der Waals surface area (Å²) < 4.78 is 34.0. The lowest BCUT2D eigenvalue weighted by Gasteiger charge is -2.22. The molecule has 0 spiro atoms. The van der Waals surface area contributed by atoms with E-state index in [-0.39, 0.29) is 21.4 Å². The molecule has 0 saturated carbocycles. The second-order valence-corrected chi connectivity index (χ2v) is 10.2.